The summed E-state index contributed by atoms with van der Waals surface area (Å²) in [6.07, 6.45) is 6.77. The maximum absolute atomic E-state index is 11.5. The average molecular weight is 258 g/mol. The molecule has 0 rings (SSSR count). The van der Waals surface area contributed by atoms with Crippen LogP contribution in [0.4, 0.5) is 0 Å². The summed E-state index contributed by atoms with van der Waals surface area (Å²) in [7, 11) is 0. The predicted octanol–water partition coefficient (Wildman–Crippen LogP) is 1.66. The van der Waals surface area contributed by atoms with Crippen LogP contribution in [0, 0.1) is 0 Å². The van der Waals surface area contributed by atoms with Gasteiger partial charge in [-0.2, -0.15) is 0 Å². The normalized spacial score (nSPS) is 12.1. The number of carbonyl (C=O) groups excluding carboxylic acids is 1. The smallest absolute Gasteiger partial charge is 0.326 e. The lowest BCUT2D eigenvalue weighted by atomic mass is 10.1. The Labute approximate surface area is 109 Å². The van der Waals surface area contributed by atoms with Crippen LogP contribution in [0.1, 0.15) is 58.3 Å². The van der Waals surface area contributed by atoms with Crippen LogP contribution < -0.4 is 11.1 Å². The zero-order valence-electron chi connectivity index (χ0n) is 11.3. The molecular weight excluding hydrogens is 232 g/mol. The van der Waals surface area contributed by atoms with Gasteiger partial charge in [-0.3, -0.25) is 4.79 Å². The van der Waals surface area contributed by atoms with Crippen LogP contribution in [-0.4, -0.2) is 29.6 Å². The highest BCUT2D eigenvalue weighted by atomic mass is 16.4. The molecule has 0 saturated heterocycles. The van der Waals surface area contributed by atoms with Crippen molar-refractivity contribution in [3.63, 3.8) is 0 Å². The Bertz CT molecular complexity index is 244. The van der Waals surface area contributed by atoms with Crippen molar-refractivity contribution >= 4 is 11.9 Å². The van der Waals surface area contributed by atoms with Crippen molar-refractivity contribution in [2.24, 2.45) is 5.73 Å². The molecule has 0 radical (unpaired) electrons. The number of unbranched alkanes of at least 4 members (excludes halogenated alkanes) is 4. The molecule has 0 unspecified atom stereocenters. The molecule has 5 heteroatoms. The van der Waals surface area contributed by atoms with Gasteiger partial charge in [-0.25, -0.2) is 4.79 Å². The molecule has 18 heavy (non-hydrogen) atoms. The highest BCUT2D eigenvalue weighted by Gasteiger charge is 2.18. The summed E-state index contributed by atoms with van der Waals surface area (Å²) in [4.78, 5) is 22.4. The van der Waals surface area contributed by atoms with Crippen molar-refractivity contribution in [2.75, 3.05) is 6.54 Å². The number of carboxylic acid groups (broad SMARTS) is 1. The number of hydrogen-bond donors (Lipinski definition) is 3. The molecule has 0 saturated carbocycles. The number of amides is 1. The van der Waals surface area contributed by atoms with Gasteiger partial charge in [0.15, 0.2) is 0 Å². The van der Waals surface area contributed by atoms with Crippen LogP contribution in [-0.2, 0) is 9.59 Å². The van der Waals surface area contributed by atoms with E-state index in [1.165, 1.54) is 12.8 Å². The average Bonchev–Trinajstić information content (AvgIpc) is 2.33. The minimum atomic E-state index is -0.984. The fourth-order valence-electron chi connectivity index (χ4n) is 1.73. The van der Waals surface area contributed by atoms with Crippen LogP contribution in [0.15, 0.2) is 0 Å². The van der Waals surface area contributed by atoms with Crippen molar-refractivity contribution in [1.29, 1.82) is 0 Å². The van der Waals surface area contributed by atoms with E-state index in [1.54, 1.807) is 0 Å². The van der Waals surface area contributed by atoms with E-state index in [0.717, 1.165) is 19.3 Å². The molecule has 0 aliphatic carbocycles. The fourth-order valence-corrected chi connectivity index (χ4v) is 1.73. The highest BCUT2D eigenvalue weighted by Crippen LogP contribution is 2.05. The Hall–Kier alpha value is -1.10. The number of aliphatic carboxylic acids is 1. The number of nitrogens with two attached hydrogens (primary N) is 1. The molecule has 0 heterocycles. The Morgan fingerprint density at radius 2 is 1.83 bits per heavy atom. The van der Waals surface area contributed by atoms with E-state index in [2.05, 4.69) is 12.2 Å². The quantitative estimate of drug-likeness (QED) is 0.491. The molecule has 1 amide bonds. The third kappa shape index (κ3) is 8.98. The Morgan fingerprint density at radius 3 is 2.39 bits per heavy atom. The van der Waals surface area contributed by atoms with Gasteiger partial charge in [0, 0.05) is 6.42 Å². The molecule has 0 aliphatic heterocycles. The van der Waals surface area contributed by atoms with E-state index in [9.17, 15) is 9.59 Å². The zero-order valence-corrected chi connectivity index (χ0v) is 11.3. The molecule has 0 bridgehead atoms. The summed E-state index contributed by atoms with van der Waals surface area (Å²) in [5.41, 5.74) is 5.33. The lowest BCUT2D eigenvalue weighted by Gasteiger charge is -2.13. The van der Waals surface area contributed by atoms with Gasteiger partial charge in [0.2, 0.25) is 5.91 Å². The Balaban J connectivity index is 3.77. The summed E-state index contributed by atoms with van der Waals surface area (Å²) in [5, 5.41) is 11.5. The topological polar surface area (TPSA) is 92.4 Å². The van der Waals surface area contributed by atoms with Gasteiger partial charge in [-0.05, 0) is 25.8 Å². The van der Waals surface area contributed by atoms with Crippen LogP contribution in [0.3, 0.4) is 0 Å². The fraction of sp³-hybridized carbons (Fsp3) is 0.846. The van der Waals surface area contributed by atoms with E-state index in [1.807, 2.05) is 0 Å². The monoisotopic (exact) mass is 258 g/mol. The second-order valence-electron chi connectivity index (χ2n) is 4.55. The maximum atomic E-state index is 11.5. The van der Waals surface area contributed by atoms with Gasteiger partial charge in [0.05, 0.1) is 0 Å². The summed E-state index contributed by atoms with van der Waals surface area (Å²) >= 11 is 0. The molecule has 0 aromatic carbocycles. The Kier molecular flexibility index (Phi) is 10.3. The van der Waals surface area contributed by atoms with Crippen LogP contribution in [0.5, 0.6) is 0 Å². The molecule has 106 valence electrons. The molecule has 4 N–H and O–H groups in total. The lowest BCUT2D eigenvalue weighted by molar-refractivity contribution is -0.142. The largest absolute Gasteiger partial charge is 0.480 e. The minimum Gasteiger partial charge on any atom is -0.480 e. The molecule has 1 atom stereocenters. The summed E-state index contributed by atoms with van der Waals surface area (Å²) in [6.45, 7) is 2.58. The summed E-state index contributed by atoms with van der Waals surface area (Å²) in [5.74, 6) is -1.15. The van der Waals surface area contributed by atoms with Crippen LogP contribution >= 0.6 is 0 Å². The third-order valence-corrected chi connectivity index (χ3v) is 2.84. The van der Waals surface area contributed by atoms with Gasteiger partial charge in [-0.1, -0.05) is 32.6 Å². The number of carboxylic acids is 1. The second-order valence-corrected chi connectivity index (χ2v) is 4.55. The van der Waals surface area contributed by atoms with Crippen molar-refractivity contribution in [1.82, 2.24) is 5.32 Å². The van der Waals surface area contributed by atoms with Crippen LogP contribution in [0.25, 0.3) is 0 Å². The first-order valence-corrected chi connectivity index (χ1v) is 6.84. The van der Waals surface area contributed by atoms with Crippen molar-refractivity contribution in [3.8, 4) is 0 Å². The standard InChI is InChI=1S/C13H26N2O3/c1-2-3-4-5-6-9-12(16)15-11(13(17)18)8-7-10-14/h11H,2-10,14H2,1H3,(H,15,16)(H,17,18)/t11-/m1/s1. The SMILES string of the molecule is CCCCCCCC(=O)N[C@H](CCCN)C(=O)O. The van der Waals surface area contributed by atoms with Gasteiger partial charge >= 0.3 is 5.97 Å². The van der Waals surface area contributed by atoms with Gasteiger partial charge in [-0.15, -0.1) is 0 Å². The van der Waals surface area contributed by atoms with Crippen molar-refractivity contribution in [2.45, 2.75) is 64.3 Å². The number of carbonyl (C=O) groups is 2. The van der Waals surface area contributed by atoms with E-state index < -0.39 is 12.0 Å². The van der Waals surface area contributed by atoms with Gasteiger partial charge < -0.3 is 16.2 Å². The Morgan fingerprint density at radius 1 is 1.17 bits per heavy atom. The van der Waals surface area contributed by atoms with Crippen molar-refractivity contribution in [3.05, 3.63) is 0 Å². The molecule has 0 aromatic heterocycles. The molecule has 0 spiro atoms. The molecule has 0 aromatic rings. The molecular formula is C13H26N2O3. The van der Waals surface area contributed by atoms with E-state index in [-0.39, 0.29) is 5.91 Å². The summed E-state index contributed by atoms with van der Waals surface area (Å²) in [6, 6.07) is -0.795. The first-order valence-electron chi connectivity index (χ1n) is 6.84. The number of nitrogens with one attached hydrogen (secondary N) is 1. The minimum absolute atomic E-state index is 0.170. The maximum Gasteiger partial charge on any atom is 0.326 e. The third-order valence-electron chi connectivity index (χ3n) is 2.84. The molecule has 0 fully saturated rings. The first-order chi connectivity index (χ1) is 8.61. The first kappa shape index (κ1) is 16.9. The zero-order chi connectivity index (χ0) is 13.8. The second kappa shape index (κ2) is 11.0. The van der Waals surface area contributed by atoms with E-state index in [4.69, 9.17) is 10.8 Å². The summed E-state index contributed by atoms with van der Waals surface area (Å²) < 4.78 is 0. The van der Waals surface area contributed by atoms with Crippen LogP contribution in [0.2, 0.25) is 0 Å². The lowest BCUT2D eigenvalue weighted by Crippen LogP contribution is -2.40. The number of hydrogen-bond acceptors (Lipinski definition) is 3. The molecule has 0 aliphatic rings. The molecule has 5 nitrogen and oxygen atoms in total. The van der Waals surface area contributed by atoms with E-state index >= 15 is 0 Å². The number of rotatable bonds is 11. The van der Waals surface area contributed by atoms with E-state index in [0.29, 0.717) is 25.8 Å². The van der Waals surface area contributed by atoms with Crippen molar-refractivity contribution < 1.29 is 14.7 Å². The predicted molar refractivity (Wildman–Crippen MR) is 71.2 cm³/mol. The van der Waals surface area contributed by atoms with Gasteiger partial charge in [0.25, 0.3) is 0 Å². The van der Waals surface area contributed by atoms with Gasteiger partial charge in [0.1, 0.15) is 6.04 Å². The highest BCUT2D eigenvalue weighted by molar-refractivity contribution is 5.83.